The van der Waals surface area contributed by atoms with Crippen LogP contribution in [0.15, 0.2) is 24.3 Å². The zero-order chi connectivity index (χ0) is 14.9. The number of carboxylic acid groups (broad SMARTS) is 1. The summed E-state index contributed by atoms with van der Waals surface area (Å²) in [5.74, 6) is -0.722. The van der Waals surface area contributed by atoms with Crippen molar-refractivity contribution in [1.82, 2.24) is 0 Å². The standard InChI is InChI=1S/C18H32O2/c1-2-3-4-5-6-7-8-9-10-11-12-13-14-15-16-17-18(19)20/h11-12,14-15H,2-10,13,16-17H2,1H3,(H,19,20)/b12-11+,15-14+. The third-order valence-corrected chi connectivity index (χ3v) is 3.35. The van der Waals surface area contributed by atoms with Crippen LogP contribution >= 0.6 is 0 Å². The molecule has 0 saturated heterocycles. The van der Waals surface area contributed by atoms with Crippen LogP contribution in [0.4, 0.5) is 0 Å². The average Bonchev–Trinajstić information content (AvgIpc) is 2.43. The SMILES string of the molecule is CCCCCCCCCC/C=C/C/C=C/CCC(=O)O. The fraction of sp³-hybridized carbons (Fsp3) is 0.722. The van der Waals surface area contributed by atoms with Crippen LogP contribution in [-0.2, 0) is 4.79 Å². The van der Waals surface area contributed by atoms with E-state index in [-0.39, 0.29) is 6.42 Å². The Labute approximate surface area is 125 Å². The Morgan fingerprint density at radius 3 is 1.95 bits per heavy atom. The number of hydrogen-bond acceptors (Lipinski definition) is 1. The summed E-state index contributed by atoms with van der Waals surface area (Å²) in [5.41, 5.74) is 0. The zero-order valence-corrected chi connectivity index (χ0v) is 13.2. The molecule has 0 aromatic heterocycles. The molecule has 116 valence electrons. The Balaban J connectivity index is 3.17. The second kappa shape index (κ2) is 16.0. The van der Waals surface area contributed by atoms with Crippen molar-refractivity contribution in [2.75, 3.05) is 0 Å². The van der Waals surface area contributed by atoms with Crippen LogP contribution in [-0.4, -0.2) is 11.1 Å². The molecule has 0 aromatic carbocycles. The van der Waals surface area contributed by atoms with Crippen LogP contribution in [0.3, 0.4) is 0 Å². The molecule has 0 spiro atoms. The van der Waals surface area contributed by atoms with E-state index in [0.717, 1.165) is 6.42 Å². The van der Waals surface area contributed by atoms with Gasteiger partial charge in [0.25, 0.3) is 0 Å². The van der Waals surface area contributed by atoms with E-state index in [4.69, 9.17) is 5.11 Å². The first-order valence-electron chi connectivity index (χ1n) is 8.29. The molecule has 0 fully saturated rings. The summed E-state index contributed by atoms with van der Waals surface area (Å²) in [5, 5.41) is 8.47. The van der Waals surface area contributed by atoms with Crippen molar-refractivity contribution in [2.45, 2.75) is 84.0 Å². The molecule has 0 aliphatic carbocycles. The van der Waals surface area contributed by atoms with Crippen molar-refractivity contribution in [3.63, 3.8) is 0 Å². The smallest absolute Gasteiger partial charge is 0.303 e. The van der Waals surface area contributed by atoms with E-state index in [1.807, 2.05) is 12.2 Å². The summed E-state index contributed by atoms with van der Waals surface area (Å²) in [6.45, 7) is 2.26. The molecular formula is C18H32O2. The number of unbranched alkanes of at least 4 members (excludes halogenated alkanes) is 8. The third kappa shape index (κ3) is 16.9. The van der Waals surface area contributed by atoms with Crippen molar-refractivity contribution in [1.29, 1.82) is 0 Å². The van der Waals surface area contributed by atoms with Gasteiger partial charge in [-0.05, 0) is 25.7 Å². The van der Waals surface area contributed by atoms with Gasteiger partial charge in [-0.2, -0.15) is 0 Å². The van der Waals surface area contributed by atoms with Gasteiger partial charge in [0, 0.05) is 6.42 Å². The molecule has 0 aliphatic heterocycles. The lowest BCUT2D eigenvalue weighted by atomic mass is 10.1. The topological polar surface area (TPSA) is 37.3 Å². The summed E-state index contributed by atoms with van der Waals surface area (Å²) < 4.78 is 0. The van der Waals surface area contributed by atoms with Gasteiger partial charge in [-0.1, -0.05) is 76.2 Å². The molecule has 0 atom stereocenters. The number of hydrogen-bond donors (Lipinski definition) is 1. The second-order valence-electron chi connectivity index (χ2n) is 5.37. The molecule has 0 radical (unpaired) electrons. The number of rotatable bonds is 14. The van der Waals surface area contributed by atoms with Crippen molar-refractivity contribution in [3.05, 3.63) is 24.3 Å². The first-order valence-corrected chi connectivity index (χ1v) is 8.29. The van der Waals surface area contributed by atoms with Crippen LogP contribution in [0, 0.1) is 0 Å². The van der Waals surface area contributed by atoms with E-state index in [1.165, 1.54) is 57.8 Å². The van der Waals surface area contributed by atoms with Crippen molar-refractivity contribution in [3.8, 4) is 0 Å². The zero-order valence-electron chi connectivity index (χ0n) is 13.2. The summed E-state index contributed by atoms with van der Waals surface area (Å²) in [6.07, 6.45) is 22.4. The first kappa shape index (κ1) is 18.9. The highest BCUT2D eigenvalue weighted by Crippen LogP contribution is 2.09. The van der Waals surface area contributed by atoms with E-state index in [9.17, 15) is 4.79 Å². The molecule has 0 heterocycles. The molecule has 2 nitrogen and oxygen atoms in total. The van der Waals surface area contributed by atoms with E-state index < -0.39 is 5.97 Å². The third-order valence-electron chi connectivity index (χ3n) is 3.35. The predicted octanol–water partition coefficient (Wildman–Crippen LogP) is 5.88. The average molecular weight is 280 g/mol. The Kier molecular flexibility index (Phi) is 15.2. The van der Waals surface area contributed by atoms with E-state index in [2.05, 4.69) is 19.1 Å². The lowest BCUT2D eigenvalue weighted by Crippen LogP contribution is -1.91. The second-order valence-corrected chi connectivity index (χ2v) is 5.37. The fourth-order valence-corrected chi connectivity index (χ4v) is 2.11. The quantitative estimate of drug-likeness (QED) is 0.318. The highest BCUT2D eigenvalue weighted by molar-refractivity contribution is 5.66. The van der Waals surface area contributed by atoms with Crippen molar-refractivity contribution < 1.29 is 9.90 Å². The monoisotopic (exact) mass is 280 g/mol. The predicted molar refractivity (Wildman–Crippen MR) is 87.0 cm³/mol. The largest absolute Gasteiger partial charge is 0.481 e. The van der Waals surface area contributed by atoms with Gasteiger partial charge in [0.05, 0.1) is 0 Å². The minimum Gasteiger partial charge on any atom is -0.481 e. The highest BCUT2D eigenvalue weighted by Gasteiger charge is 1.91. The van der Waals surface area contributed by atoms with Crippen LogP contribution in [0.25, 0.3) is 0 Å². The molecule has 0 unspecified atom stereocenters. The molecule has 0 aromatic rings. The van der Waals surface area contributed by atoms with Gasteiger partial charge in [-0.15, -0.1) is 0 Å². The Hall–Kier alpha value is -1.05. The summed E-state index contributed by atoms with van der Waals surface area (Å²) in [4.78, 5) is 10.3. The lowest BCUT2D eigenvalue weighted by molar-refractivity contribution is -0.136. The summed E-state index contributed by atoms with van der Waals surface area (Å²) in [7, 11) is 0. The number of carbonyl (C=O) groups is 1. The van der Waals surface area contributed by atoms with Gasteiger partial charge >= 0.3 is 5.97 Å². The van der Waals surface area contributed by atoms with E-state index in [0.29, 0.717) is 6.42 Å². The van der Waals surface area contributed by atoms with Gasteiger partial charge in [0.15, 0.2) is 0 Å². The molecular weight excluding hydrogens is 248 g/mol. The van der Waals surface area contributed by atoms with Crippen LogP contribution < -0.4 is 0 Å². The van der Waals surface area contributed by atoms with Crippen molar-refractivity contribution in [2.24, 2.45) is 0 Å². The maximum atomic E-state index is 10.3. The van der Waals surface area contributed by atoms with Gasteiger partial charge in [-0.25, -0.2) is 0 Å². The maximum Gasteiger partial charge on any atom is 0.303 e. The number of aliphatic carboxylic acids is 1. The van der Waals surface area contributed by atoms with E-state index >= 15 is 0 Å². The van der Waals surface area contributed by atoms with Crippen LogP contribution in [0.5, 0.6) is 0 Å². The fourth-order valence-electron chi connectivity index (χ4n) is 2.11. The van der Waals surface area contributed by atoms with Crippen molar-refractivity contribution >= 4 is 5.97 Å². The number of allylic oxidation sites excluding steroid dienone is 4. The lowest BCUT2D eigenvalue weighted by Gasteiger charge is -1.99. The molecule has 0 saturated carbocycles. The molecule has 0 bridgehead atoms. The normalized spacial score (nSPS) is 11.7. The van der Waals surface area contributed by atoms with Crippen LogP contribution in [0.2, 0.25) is 0 Å². The minimum atomic E-state index is -0.722. The first-order chi connectivity index (χ1) is 9.77. The van der Waals surface area contributed by atoms with Gasteiger partial charge < -0.3 is 5.11 Å². The Morgan fingerprint density at radius 2 is 1.35 bits per heavy atom. The molecule has 1 N–H and O–H groups in total. The molecule has 20 heavy (non-hydrogen) atoms. The minimum absolute atomic E-state index is 0.235. The molecule has 0 aliphatic rings. The van der Waals surface area contributed by atoms with Gasteiger partial charge in [0.1, 0.15) is 0 Å². The Morgan fingerprint density at radius 1 is 0.800 bits per heavy atom. The summed E-state index contributed by atoms with van der Waals surface area (Å²) in [6, 6.07) is 0. The molecule has 2 heteroatoms. The van der Waals surface area contributed by atoms with Crippen LogP contribution in [0.1, 0.15) is 84.0 Å². The van der Waals surface area contributed by atoms with Gasteiger partial charge in [0.2, 0.25) is 0 Å². The van der Waals surface area contributed by atoms with E-state index in [1.54, 1.807) is 0 Å². The maximum absolute atomic E-state index is 10.3. The molecule has 0 rings (SSSR count). The summed E-state index contributed by atoms with van der Waals surface area (Å²) >= 11 is 0. The highest BCUT2D eigenvalue weighted by atomic mass is 16.4. The Bertz CT molecular complexity index is 267. The van der Waals surface area contributed by atoms with Gasteiger partial charge in [-0.3, -0.25) is 4.79 Å². The number of carboxylic acids is 1. The molecule has 0 amide bonds.